The maximum Gasteiger partial charge on any atom is 0.122 e. The lowest BCUT2D eigenvalue weighted by atomic mass is 10.0. The van der Waals surface area contributed by atoms with E-state index in [4.69, 9.17) is 9.47 Å². The molecule has 0 radical (unpaired) electrons. The molecule has 0 unspecified atom stereocenters. The topological polar surface area (TPSA) is 35.5 Å². The Balaban J connectivity index is 2.30. The van der Waals surface area contributed by atoms with E-state index in [0.29, 0.717) is 6.42 Å². The Labute approximate surface area is 115 Å². The van der Waals surface area contributed by atoms with Crippen LogP contribution in [0, 0.1) is 0 Å². The summed E-state index contributed by atoms with van der Waals surface area (Å²) in [6.45, 7) is 0. The van der Waals surface area contributed by atoms with E-state index in [2.05, 4.69) is 12.1 Å². The van der Waals surface area contributed by atoms with Crippen molar-refractivity contribution >= 4 is 6.29 Å². The zero-order valence-corrected chi connectivity index (χ0v) is 12.0. The number of benzene rings is 1. The second kappa shape index (κ2) is 9.42. The summed E-state index contributed by atoms with van der Waals surface area (Å²) >= 11 is 0. The molecule has 106 valence electrons. The first-order valence-corrected chi connectivity index (χ1v) is 6.95. The first kappa shape index (κ1) is 15.5. The van der Waals surface area contributed by atoms with Crippen LogP contribution < -0.4 is 9.47 Å². The summed E-state index contributed by atoms with van der Waals surface area (Å²) in [7, 11) is 3.34. The van der Waals surface area contributed by atoms with Gasteiger partial charge in [-0.25, -0.2) is 0 Å². The summed E-state index contributed by atoms with van der Waals surface area (Å²) in [6.07, 6.45) is 8.50. The van der Waals surface area contributed by atoms with Crippen LogP contribution in [0.2, 0.25) is 0 Å². The number of carbonyl (C=O) groups is 1. The van der Waals surface area contributed by atoms with Crippen molar-refractivity contribution < 1.29 is 14.3 Å². The van der Waals surface area contributed by atoms with Crippen LogP contribution in [-0.4, -0.2) is 20.5 Å². The molecule has 19 heavy (non-hydrogen) atoms. The van der Waals surface area contributed by atoms with E-state index < -0.39 is 0 Å². The molecule has 0 aliphatic carbocycles. The van der Waals surface area contributed by atoms with E-state index in [-0.39, 0.29) is 0 Å². The Bertz CT molecular complexity index is 352. The molecule has 0 heterocycles. The van der Waals surface area contributed by atoms with Gasteiger partial charge in [0, 0.05) is 12.5 Å². The van der Waals surface area contributed by atoms with Gasteiger partial charge in [-0.1, -0.05) is 19.3 Å². The highest BCUT2D eigenvalue weighted by molar-refractivity contribution is 5.48. The minimum Gasteiger partial charge on any atom is -0.497 e. The summed E-state index contributed by atoms with van der Waals surface area (Å²) < 4.78 is 10.5. The lowest BCUT2D eigenvalue weighted by molar-refractivity contribution is -0.107. The molecule has 0 aromatic heterocycles. The third kappa shape index (κ3) is 6.27. The van der Waals surface area contributed by atoms with Gasteiger partial charge < -0.3 is 14.3 Å². The summed E-state index contributed by atoms with van der Waals surface area (Å²) in [5.41, 5.74) is 1.25. The van der Waals surface area contributed by atoms with Gasteiger partial charge in [-0.2, -0.15) is 0 Å². The fourth-order valence-electron chi connectivity index (χ4n) is 2.10. The Kier molecular flexibility index (Phi) is 7.71. The summed E-state index contributed by atoms with van der Waals surface area (Å²) in [5.74, 6) is 1.70. The fraction of sp³-hybridized carbons (Fsp3) is 0.562. The number of aryl methyl sites for hydroxylation is 1. The lowest BCUT2D eigenvalue weighted by Crippen LogP contribution is -1.92. The standard InChI is InChI=1S/C16H24O3/c1-18-15-11-14(12-16(13-15)19-2)9-7-5-3-4-6-8-10-17/h10-13H,3-9H2,1-2H3. The molecule has 0 aliphatic heterocycles. The molecule has 0 saturated heterocycles. The van der Waals surface area contributed by atoms with E-state index in [1.165, 1.54) is 18.4 Å². The highest BCUT2D eigenvalue weighted by Gasteiger charge is 2.01. The number of hydrogen-bond acceptors (Lipinski definition) is 3. The normalized spacial score (nSPS) is 10.2. The van der Waals surface area contributed by atoms with Crippen LogP contribution in [0.3, 0.4) is 0 Å². The summed E-state index contributed by atoms with van der Waals surface area (Å²) in [4.78, 5) is 10.2. The minimum atomic E-state index is 0.701. The molecule has 1 aromatic rings. The fourth-order valence-corrected chi connectivity index (χ4v) is 2.10. The van der Waals surface area contributed by atoms with Crippen molar-refractivity contribution in [3.63, 3.8) is 0 Å². The Morgan fingerprint density at radius 2 is 1.47 bits per heavy atom. The van der Waals surface area contributed by atoms with Crippen LogP contribution in [0.4, 0.5) is 0 Å². The minimum absolute atomic E-state index is 0.701. The maximum atomic E-state index is 10.2. The predicted molar refractivity (Wildman–Crippen MR) is 77.0 cm³/mol. The van der Waals surface area contributed by atoms with Gasteiger partial charge >= 0.3 is 0 Å². The number of rotatable bonds is 10. The SMILES string of the molecule is COc1cc(CCCCCCCC=O)cc(OC)c1. The molecule has 0 saturated carbocycles. The number of aldehydes is 1. The molecule has 0 spiro atoms. The van der Waals surface area contributed by atoms with Crippen molar-refractivity contribution in [2.24, 2.45) is 0 Å². The first-order valence-electron chi connectivity index (χ1n) is 6.95. The molecule has 0 fully saturated rings. The third-order valence-corrected chi connectivity index (χ3v) is 3.20. The third-order valence-electron chi connectivity index (χ3n) is 3.20. The highest BCUT2D eigenvalue weighted by Crippen LogP contribution is 2.23. The molecule has 3 nitrogen and oxygen atoms in total. The zero-order valence-electron chi connectivity index (χ0n) is 12.0. The van der Waals surface area contributed by atoms with Crippen LogP contribution in [-0.2, 0) is 11.2 Å². The van der Waals surface area contributed by atoms with Gasteiger partial charge in [-0.15, -0.1) is 0 Å². The van der Waals surface area contributed by atoms with Crippen molar-refractivity contribution in [2.75, 3.05) is 14.2 Å². The van der Waals surface area contributed by atoms with Crippen LogP contribution in [0.15, 0.2) is 18.2 Å². The van der Waals surface area contributed by atoms with Crippen LogP contribution in [0.1, 0.15) is 44.1 Å². The largest absolute Gasteiger partial charge is 0.497 e. The van der Waals surface area contributed by atoms with E-state index in [1.807, 2.05) is 6.07 Å². The van der Waals surface area contributed by atoms with Gasteiger partial charge in [-0.3, -0.25) is 0 Å². The average Bonchev–Trinajstić information content (AvgIpc) is 2.45. The van der Waals surface area contributed by atoms with Gasteiger partial charge in [0.05, 0.1) is 14.2 Å². The number of ether oxygens (including phenoxy) is 2. The van der Waals surface area contributed by atoms with Gasteiger partial charge in [0.15, 0.2) is 0 Å². The molecule has 0 atom stereocenters. The number of carbonyl (C=O) groups excluding carboxylic acids is 1. The Morgan fingerprint density at radius 3 is 2.05 bits per heavy atom. The highest BCUT2D eigenvalue weighted by atomic mass is 16.5. The van der Waals surface area contributed by atoms with Crippen molar-refractivity contribution in [1.82, 2.24) is 0 Å². The summed E-state index contributed by atoms with van der Waals surface area (Å²) in [5, 5.41) is 0. The average molecular weight is 264 g/mol. The van der Waals surface area contributed by atoms with Crippen molar-refractivity contribution in [2.45, 2.75) is 44.9 Å². The number of hydrogen-bond donors (Lipinski definition) is 0. The molecule has 0 aliphatic rings. The monoisotopic (exact) mass is 264 g/mol. The zero-order chi connectivity index (χ0) is 13.9. The lowest BCUT2D eigenvalue weighted by Gasteiger charge is -2.08. The van der Waals surface area contributed by atoms with Crippen LogP contribution >= 0.6 is 0 Å². The van der Waals surface area contributed by atoms with Crippen molar-refractivity contribution in [1.29, 1.82) is 0 Å². The second-order valence-corrected chi connectivity index (χ2v) is 4.69. The molecule has 0 N–H and O–H groups in total. The van der Waals surface area contributed by atoms with E-state index >= 15 is 0 Å². The van der Waals surface area contributed by atoms with Crippen molar-refractivity contribution in [3.8, 4) is 11.5 Å². The van der Waals surface area contributed by atoms with E-state index in [0.717, 1.165) is 43.5 Å². The first-order chi connectivity index (χ1) is 9.30. The number of methoxy groups -OCH3 is 2. The Hall–Kier alpha value is -1.51. The predicted octanol–water partition coefficient (Wildman–Crippen LogP) is 3.79. The molecule has 0 amide bonds. The van der Waals surface area contributed by atoms with Gasteiger partial charge in [0.1, 0.15) is 17.8 Å². The van der Waals surface area contributed by atoms with Crippen molar-refractivity contribution in [3.05, 3.63) is 23.8 Å². The Morgan fingerprint density at radius 1 is 0.895 bits per heavy atom. The van der Waals surface area contributed by atoms with Gasteiger partial charge in [-0.05, 0) is 37.0 Å². The number of unbranched alkanes of at least 4 members (excludes halogenated alkanes) is 5. The molecule has 1 aromatic carbocycles. The van der Waals surface area contributed by atoms with Crippen LogP contribution in [0.25, 0.3) is 0 Å². The molecular formula is C16H24O3. The molecular weight excluding hydrogens is 240 g/mol. The maximum absolute atomic E-state index is 10.2. The molecule has 3 heteroatoms. The smallest absolute Gasteiger partial charge is 0.122 e. The van der Waals surface area contributed by atoms with E-state index in [9.17, 15) is 4.79 Å². The molecule has 0 bridgehead atoms. The summed E-state index contributed by atoms with van der Waals surface area (Å²) in [6, 6.07) is 6.02. The second-order valence-electron chi connectivity index (χ2n) is 4.69. The van der Waals surface area contributed by atoms with Crippen LogP contribution in [0.5, 0.6) is 11.5 Å². The van der Waals surface area contributed by atoms with E-state index in [1.54, 1.807) is 14.2 Å². The molecule has 1 rings (SSSR count). The quantitative estimate of drug-likeness (QED) is 0.476. The van der Waals surface area contributed by atoms with Gasteiger partial charge in [0.2, 0.25) is 0 Å². The van der Waals surface area contributed by atoms with Gasteiger partial charge in [0.25, 0.3) is 0 Å².